The predicted molar refractivity (Wildman–Crippen MR) is 116 cm³/mol. The van der Waals surface area contributed by atoms with Crippen molar-refractivity contribution in [3.05, 3.63) is 63.1 Å². The Hall–Kier alpha value is -2.28. The highest BCUT2D eigenvalue weighted by molar-refractivity contribution is 6.35. The van der Waals surface area contributed by atoms with E-state index in [1.807, 2.05) is 0 Å². The zero-order valence-corrected chi connectivity index (χ0v) is 18.1. The third kappa shape index (κ3) is 5.88. The van der Waals surface area contributed by atoms with E-state index in [1.165, 1.54) is 6.07 Å². The van der Waals surface area contributed by atoms with Gasteiger partial charge in [-0.25, -0.2) is 0 Å². The van der Waals surface area contributed by atoms with Gasteiger partial charge < -0.3 is 15.0 Å². The first kappa shape index (κ1) is 22.4. The van der Waals surface area contributed by atoms with Crippen LogP contribution < -0.4 is 5.32 Å². The number of carbonyl (C=O) groups is 3. The standard InChI is InChI=1S/C21H19Cl3N2O4/c22-15-3-1-13(2-4-15)20(28)26-9-7-14(8-10-26)21(29)30-12-19(27)25-18-11-16(23)5-6-17(18)24/h1-6,11,14H,7-10,12H2,(H,25,27). The van der Waals surface area contributed by atoms with E-state index in [2.05, 4.69) is 5.32 Å². The molecule has 1 N–H and O–H groups in total. The van der Waals surface area contributed by atoms with Crippen molar-refractivity contribution in [1.82, 2.24) is 4.90 Å². The quantitative estimate of drug-likeness (QED) is 0.645. The number of carbonyl (C=O) groups excluding carboxylic acids is 3. The third-order valence-corrected chi connectivity index (χ3v) is 5.57. The van der Waals surface area contributed by atoms with Gasteiger partial charge in [-0.1, -0.05) is 34.8 Å². The molecule has 1 fully saturated rings. The highest BCUT2D eigenvalue weighted by Gasteiger charge is 2.29. The molecular weight excluding hydrogens is 451 g/mol. The second-order valence-electron chi connectivity index (χ2n) is 6.85. The van der Waals surface area contributed by atoms with Gasteiger partial charge in [0.15, 0.2) is 6.61 Å². The summed E-state index contributed by atoms with van der Waals surface area (Å²) in [6.45, 7) is 0.447. The van der Waals surface area contributed by atoms with E-state index in [4.69, 9.17) is 39.5 Å². The lowest BCUT2D eigenvalue weighted by atomic mass is 9.96. The summed E-state index contributed by atoms with van der Waals surface area (Å²) in [5.41, 5.74) is 0.899. The van der Waals surface area contributed by atoms with Gasteiger partial charge in [-0.15, -0.1) is 0 Å². The third-order valence-electron chi connectivity index (χ3n) is 4.75. The molecule has 1 aliphatic rings. The minimum absolute atomic E-state index is 0.101. The molecule has 9 heteroatoms. The minimum Gasteiger partial charge on any atom is -0.455 e. The summed E-state index contributed by atoms with van der Waals surface area (Å²) in [7, 11) is 0. The molecule has 1 aliphatic heterocycles. The Labute approximate surface area is 189 Å². The molecule has 0 spiro atoms. The molecule has 158 valence electrons. The van der Waals surface area contributed by atoms with E-state index in [-0.39, 0.29) is 11.8 Å². The van der Waals surface area contributed by atoms with Gasteiger partial charge in [-0.05, 0) is 55.3 Å². The van der Waals surface area contributed by atoms with Crippen LogP contribution in [0.2, 0.25) is 15.1 Å². The molecule has 0 saturated carbocycles. The number of esters is 1. The van der Waals surface area contributed by atoms with E-state index in [0.717, 1.165) is 0 Å². The molecule has 1 saturated heterocycles. The van der Waals surface area contributed by atoms with E-state index < -0.39 is 18.5 Å². The average molecular weight is 470 g/mol. The summed E-state index contributed by atoms with van der Waals surface area (Å²) in [6.07, 6.45) is 0.944. The number of benzene rings is 2. The fourth-order valence-corrected chi connectivity index (χ4v) is 3.59. The molecule has 0 radical (unpaired) electrons. The van der Waals surface area contributed by atoms with Crippen molar-refractivity contribution in [1.29, 1.82) is 0 Å². The number of rotatable bonds is 5. The molecule has 1 heterocycles. The van der Waals surface area contributed by atoms with Gasteiger partial charge in [0.05, 0.1) is 16.6 Å². The number of amides is 2. The van der Waals surface area contributed by atoms with Crippen LogP contribution in [0, 0.1) is 5.92 Å². The van der Waals surface area contributed by atoms with Crippen molar-refractivity contribution < 1.29 is 19.1 Å². The maximum Gasteiger partial charge on any atom is 0.309 e. The number of anilines is 1. The van der Waals surface area contributed by atoms with Crippen molar-refractivity contribution in [2.24, 2.45) is 5.92 Å². The van der Waals surface area contributed by atoms with E-state index >= 15 is 0 Å². The van der Waals surface area contributed by atoms with E-state index in [0.29, 0.717) is 52.2 Å². The van der Waals surface area contributed by atoms with Gasteiger partial charge in [0.1, 0.15) is 0 Å². The summed E-state index contributed by atoms with van der Waals surface area (Å²) in [5, 5.41) is 3.88. The van der Waals surface area contributed by atoms with Crippen LogP contribution in [0.1, 0.15) is 23.2 Å². The Bertz CT molecular complexity index is 942. The van der Waals surface area contributed by atoms with Crippen LogP contribution in [0.25, 0.3) is 0 Å². The molecule has 3 rings (SSSR count). The summed E-state index contributed by atoms with van der Waals surface area (Å²) >= 11 is 17.7. The Morgan fingerprint density at radius 2 is 1.60 bits per heavy atom. The second kappa shape index (κ2) is 10.2. The van der Waals surface area contributed by atoms with Crippen LogP contribution in [0.4, 0.5) is 5.69 Å². The second-order valence-corrected chi connectivity index (χ2v) is 8.13. The first-order valence-corrected chi connectivity index (χ1v) is 10.4. The zero-order chi connectivity index (χ0) is 21.7. The highest BCUT2D eigenvalue weighted by Crippen LogP contribution is 2.25. The first-order valence-electron chi connectivity index (χ1n) is 9.30. The smallest absolute Gasteiger partial charge is 0.309 e. The summed E-state index contributed by atoms with van der Waals surface area (Å²) < 4.78 is 5.13. The van der Waals surface area contributed by atoms with E-state index in [1.54, 1.807) is 41.3 Å². The molecule has 0 aromatic heterocycles. The van der Waals surface area contributed by atoms with Crippen LogP contribution in [0.3, 0.4) is 0 Å². The largest absolute Gasteiger partial charge is 0.455 e. The molecular formula is C21H19Cl3N2O4. The fourth-order valence-electron chi connectivity index (χ4n) is 3.13. The molecule has 0 atom stereocenters. The van der Waals surface area contributed by atoms with Crippen LogP contribution >= 0.6 is 34.8 Å². The lowest BCUT2D eigenvalue weighted by Crippen LogP contribution is -2.41. The molecule has 2 amide bonds. The molecule has 0 bridgehead atoms. The Morgan fingerprint density at radius 3 is 2.27 bits per heavy atom. The Balaban J connectivity index is 1.45. The molecule has 0 unspecified atom stereocenters. The highest BCUT2D eigenvalue weighted by atomic mass is 35.5. The van der Waals surface area contributed by atoms with Crippen molar-refractivity contribution in [2.75, 3.05) is 25.0 Å². The maximum absolute atomic E-state index is 12.5. The van der Waals surface area contributed by atoms with Crippen LogP contribution in [-0.2, 0) is 14.3 Å². The van der Waals surface area contributed by atoms with E-state index in [9.17, 15) is 14.4 Å². The normalized spacial score (nSPS) is 14.3. The number of nitrogens with zero attached hydrogens (tertiary/aromatic N) is 1. The van der Waals surface area contributed by atoms with Gasteiger partial charge in [-0.2, -0.15) is 0 Å². The van der Waals surface area contributed by atoms with Crippen molar-refractivity contribution in [2.45, 2.75) is 12.8 Å². The molecule has 2 aromatic rings. The summed E-state index contributed by atoms with van der Waals surface area (Å²) in [4.78, 5) is 38.5. The number of hydrogen-bond acceptors (Lipinski definition) is 4. The van der Waals surface area contributed by atoms with Crippen LogP contribution in [-0.4, -0.2) is 42.4 Å². The Morgan fingerprint density at radius 1 is 0.967 bits per heavy atom. The van der Waals surface area contributed by atoms with Crippen LogP contribution in [0.5, 0.6) is 0 Å². The first-order chi connectivity index (χ1) is 14.3. The number of nitrogens with one attached hydrogen (secondary N) is 1. The van der Waals surface area contributed by atoms with Crippen molar-refractivity contribution in [3.63, 3.8) is 0 Å². The summed E-state index contributed by atoms with van der Waals surface area (Å²) in [6, 6.07) is 11.4. The van der Waals surface area contributed by atoms with Gasteiger partial charge >= 0.3 is 5.97 Å². The van der Waals surface area contributed by atoms with Gasteiger partial charge in [0.25, 0.3) is 11.8 Å². The SMILES string of the molecule is O=C(COC(=O)C1CCN(C(=O)c2ccc(Cl)cc2)CC1)Nc1cc(Cl)ccc1Cl. The minimum atomic E-state index is -0.511. The molecule has 0 aliphatic carbocycles. The molecule has 2 aromatic carbocycles. The molecule has 30 heavy (non-hydrogen) atoms. The lowest BCUT2D eigenvalue weighted by Gasteiger charge is -2.31. The molecule has 6 nitrogen and oxygen atoms in total. The van der Waals surface area contributed by atoms with Gasteiger partial charge in [-0.3, -0.25) is 14.4 Å². The van der Waals surface area contributed by atoms with Crippen molar-refractivity contribution >= 4 is 58.3 Å². The Kier molecular flexibility index (Phi) is 7.58. The number of piperidine rings is 1. The number of halogens is 3. The summed E-state index contributed by atoms with van der Waals surface area (Å²) in [5.74, 6) is -1.43. The number of likely N-dealkylation sites (tertiary alicyclic amines) is 1. The van der Waals surface area contributed by atoms with Crippen molar-refractivity contribution in [3.8, 4) is 0 Å². The maximum atomic E-state index is 12.5. The average Bonchev–Trinajstić information content (AvgIpc) is 2.75. The fraction of sp³-hybridized carbons (Fsp3) is 0.286. The predicted octanol–water partition coefficient (Wildman–Crippen LogP) is 4.68. The zero-order valence-electron chi connectivity index (χ0n) is 15.9. The lowest BCUT2D eigenvalue weighted by molar-refractivity contribution is -0.152. The number of ether oxygens (including phenoxy) is 1. The monoisotopic (exact) mass is 468 g/mol. The topological polar surface area (TPSA) is 75.7 Å². The number of hydrogen-bond donors (Lipinski definition) is 1. The van der Waals surface area contributed by atoms with Gasteiger partial charge in [0.2, 0.25) is 0 Å². The van der Waals surface area contributed by atoms with Crippen LogP contribution in [0.15, 0.2) is 42.5 Å². The van der Waals surface area contributed by atoms with Gasteiger partial charge in [0, 0.05) is 28.7 Å².